The quantitative estimate of drug-likeness (QED) is 0.696. The molecule has 0 saturated heterocycles. The highest BCUT2D eigenvalue weighted by Gasteiger charge is 2.20. The van der Waals surface area contributed by atoms with Crippen LogP contribution in [0.1, 0.15) is 30.9 Å². The number of nitrogens with one attached hydrogen (secondary N) is 1. The number of hydrogen-bond acceptors (Lipinski definition) is 2. The van der Waals surface area contributed by atoms with Crippen molar-refractivity contribution in [2.75, 3.05) is 13.1 Å². The summed E-state index contributed by atoms with van der Waals surface area (Å²) >= 11 is 0. The van der Waals surface area contributed by atoms with Crippen LogP contribution in [0.5, 0.6) is 0 Å². The molecule has 2 rings (SSSR count). The Bertz CT molecular complexity index is 280. The Morgan fingerprint density at radius 3 is 2.67 bits per heavy atom. The van der Waals surface area contributed by atoms with Gasteiger partial charge in [-0.3, -0.25) is 0 Å². The number of nitrogens with two attached hydrogens (primary N) is 1. The molecule has 3 N–H and O–H groups in total. The largest absolute Gasteiger partial charge is 0.323 e. The van der Waals surface area contributed by atoms with Gasteiger partial charge in [0.1, 0.15) is 0 Å². The molecule has 1 atom stereocenters. The Kier molecular flexibility index (Phi) is 3.75. The summed E-state index contributed by atoms with van der Waals surface area (Å²) in [6, 6.07) is 10.4. The Labute approximate surface area is 91.9 Å². The first kappa shape index (κ1) is 10.7. The van der Waals surface area contributed by atoms with Crippen molar-refractivity contribution in [2.24, 2.45) is 11.7 Å². The third-order valence-electron chi connectivity index (χ3n) is 3.02. The zero-order valence-electron chi connectivity index (χ0n) is 9.15. The van der Waals surface area contributed by atoms with Crippen LogP contribution in [0.4, 0.5) is 0 Å². The summed E-state index contributed by atoms with van der Waals surface area (Å²) in [6.07, 6.45) is 4.19. The Morgan fingerprint density at radius 1 is 1.27 bits per heavy atom. The fourth-order valence-electron chi connectivity index (χ4n) is 1.79. The van der Waals surface area contributed by atoms with Crippen molar-refractivity contribution in [2.45, 2.75) is 25.3 Å². The molecule has 2 nitrogen and oxygen atoms in total. The van der Waals surface area contributed by atoms with Crippen molar-refractivity contribution < 1.29 is 0 Å². The van der Waals surface area contributed by atoms with Gasteiger partial charge in [-0.05, 0) is 24.4 Å². The molecule has 1 aliphatic carbocycles. The monoisotopic (exact) mass is 204 g/mol. The van der Waals surface area contributed by atoms with E-state index in [0.717, 1.165) is 19.0 Å². The van der Waals surface area contributed by atoms with Gasteiger partial charge >= 0.3 is 0 Å². The van der Waals surface area contributed by atoms with Gasteiger partial charge in [0.25, 0.3) is 0 Å². The van der Waals surface area contributed by atoms with Gasteiger partial charge in [-0.2, -0.15) is 0 Å². The molecule has 1 fully saturated rings. The molecule has 0 aromatic heterocycles. The Balaban J connectivity index is 1.65. The SMILES string of the molecule is NC(CNCCC1CC1)c1ccccc1. The minimum atomic E-state index is 0.130. The van der Waals surface area contributed by atoms with Gasteiger partial charge in [0.05, 0.1) is 0 Å². The van der Waals surface area contributed by atoms with Crippen LogP contribution >= 0.6 is 0 Å². The normalized spacial score (nSPS) is 17.7. The second-order valence-electron chi connectivity index (χ2n) is 4.45. The van der Waals surface area contributed by atoms with Crippen molar-refractivity contribution in [3.8, 4) is 0 Å². The molecule has 0 bridgehead atoms. The molecule has 0 radical (unpaired) electrons. The van der Waals surface area contributed by atoms with E-state index in [-0.39, 0.29) is 6.04 Å². The van der Waals surface area contributed by atoms with Gasteiger partial charge in [-0.1, -0.05) is 43.2 Å². The third kappa shape index (κ3) is 3.65. The highest BCUT2D eigenvalue weighted by atomic mass is 14.9. The van der Waals surface area contributed by atoms with Crippen LogP contribution in [-0.2, 0) is 0 Å². The van der Waals surface area contributed by atoms with Crippen molar-refractivity contribution in [1.29, 1.82) is 0 Å². The Hall–Kier alpha value is -0.860. The number of rotatable bonds is 6. The van der Waals surface area contributed by atoms with E-state index in [1.165, 1.54) is 24.8 Å². The van der Waals surface area contributed by atoms with Crippen LogP contribution in [0.3, 0.4) is 0 Å². The molecule has 0 amide bonds. The standard InChI is InChI=1S/C13H20N2/c14-13(12-4-2-1-3-5-12)10-15-9-8-11-6-7-11/h1-5,11,13,15H,6-10,14H2. The number of benzene rings is 1. The predicted octanol–water partition coefficient (Wildman–Crippen LogP) is 2.08. The first-order valence-corrected chi connectivity index (χ1v) is 5.87. The maximum Gasteiger partial charge on any atom is 0.0421 e. The van der Waals surface area contributed by atoms with Crippen LogP contribution < -0.4 is 11.1 Å². The zero-order chi connectivity index (χ0) is 10.5. The van der Waals surface area contributed by atoms with Crippen LogP contribution in [0.25, 0.3) is 0 Å². The average Bonchev–Trinajstić information content (AvgIpc) is 3.09. The lowest BCUT2D eigenvalue weighted by Gasteiger charge is -2.12. The molecule has 82 valence electrons. The van der Waals surface area contributed by atoms with Crippen LogP contribution in [0.15, 0.2) is 30.3 Å². The lowest BCUT2D eigenvalue weighted by Crippen LogP contribution is -2.27. The molecule has 2 heteroatoms. The molecule has 1 saturated carbocycles. The summed E-state index contributed by atoms with van der Waals surface area (Å²) < 4.78 is 0. The molecule has 0 spiro atoms. The van der Waals surface area contributed by atoms with Gasteiger partial charge in [0.2, 0.25) is 0 Å². The van der Waals surface area contributed by atoms with E-state index in [2.05, 4.69) is 17.4 Å². The van der Waals surface area contributed by atoms with E-state index >= 15 is 0 Å². The van der Waals surface area contributed by atoms with Crippen LogP contribution in [-0.4, -0.2) is 13.1 Å². The zero-order valence-corrected chi connectivity index (χ0v) is 9.15. The van der Waals surface area contributed by atoms with Crippen molar-refractivity contribution in [3.63, 3.8) is 0 Å². The minimum absolute atomic E-state index is 0.130. The molecule has 1 unspecified atom stereocenters. The second kappa shape index (κ2) is 5.29. The smallest absolute Gasteiger partial charge is 0.0421 e. The van der Waals surface area contributed by atoms with Crippen LogP contribution in [0.2, 0.25) is 0 Å². The summed E-state index contributed by atoms with van der Waals surface area (Å²) in [7, 11) is 0. The summed E-state index contributed by atoms with van der Waals surface area (Å²) in [5.41, 5.74) is 7.28. The maximum absolute atomic E-state index is 6.07. The highest BCUT2D eigenvalue weighted by molar-refractivity contribution is 5.18. The van der Waals surface area contributed by atoms with Crippen molar-refractivity contribution in [1.82, 2.24) is 5.32 Å². The molecule has 1 aliphatic rings. The molecular weight excluding hydrogens is 184 g/mol. The lowest BCUT2D eigenvalue weighted by atomic mass is 10.1. The van der Waals surface area contributed by atoms with Crippen molar-refractivity contribution >= 4 is 0 Å². The molecular formula is C13H20N2. The minimum Gasteiger partial charge on any atom is -0.323 e. The van der Waals surface area contributed by atoms with Gasteiger partial charge in [0, 0.05) is 12.6 Å². The van der Waals surface area contributed by atoms with E-state index < -0.39 is 0 Å². The summed E-state index contributed by atoms with van der Waals surface area (Å²) in [4.78, 5) is 0. The average molecular weight is 204 g/mol. The van der Waals surface area contributed by atoms with Gasteiger partial charge in [-0.25, -0.2) is 0 Å². The van der Waals surface area contributed by atoms with Crippen LogP contribution in [0, 0.1) is 5.92 Å². The molecule has 15 heavy (non-hydrogen) atoms. The molecule has 1 aromatic rings. The topological polar surface area (TPSA) is 38.0 Å². The summed E-state index contributed by atoms with van der Waals surface area (Å²) in [6.45, 7) is 2.00. The van der Waals surface area contributed by atoms with E-state index in [1.807, 2.05) is 18.2 Å². The Morgan fingerprint density at radius 2 is 2.00 bits per heavy atom. The van der Waals surface area contributed by atoms with Gasteiger partial charge < -0.3 is 11.1 Å². The molecule has 1 aromatic carbocycles. The van der Waals surface area contributed by atoms with E-state index in [1.54, 1.807) is 0 Å². The molecule has 0 heterocycles. The van der Waals surface area contributed by atoms with Gasteiger partial charge in [-0.15, -0.1) is 0 Å². The molecule has 0 aliphatic heterocycles. The van der Waals surface area contributed by atoms with E-state index in [9.17, 15) is 0 Å². The first-order chi connectivity index (χ1) is 7.36. The van der Waals surface area contributed by atoms with Crippen molar-refractivity contribution in [3.05, 3.63) is 35.9 Å². The fraction of sp³-hybridized carbons (Fsp3) is 0.538. The third-order valence-corrected chi connectivity index (χ3v) is 3.02. The summed E-state index contributed by atoms with van der Waals surface area (Å²) in [5.74, 6) is 1.01. The summed E-state index contributed by atoms with van der Waals surface area (Å²) in [5, 5.41) is 3.43. The number of hydrogen-bond donors (Lipinski definition) is 2. The first-order valence-electron chi connectivity index (χ1n) is 5.87. The van der Waals surface area contributed by atoms with E-state index in [4.69, 9.17) is 5.73 Å². The highest BCUT2D eigenvalue weighted by Crippen LogP contribution is 2.31. The lowest BCUT2D eigenvalue weighted by molar-refractivity contribution is 0.564. The van der Waals surface area contributed by atoms with Gasteiger partial charge in [0.15, 0.2) is 0 Å². The predicted molar refractivity (Wildman–Crippen MR) is 63.6 cm³/mol. The maximum atomic E-state index is 6.07. The van der Waals surface area contributed by atoms with E-state index in [0.29, 0.717) is 0 Å². The second-order valence-corrected chi connectivity index (χ2v) is 4.45. The fourth-order valence-corrected chi connectivity index (χ4v) is 1.79.